The van der Waals surface area contributed by atoms with Gasteiger partial charge in [0, 0.05) is 18.9 Å². The third kappa shape index (κ3) is 3.12. The predicted octanol–water partition coefficient (Wildman–Crippen LogP) is 2.43. The van der Waals surface area contributed by atoms with Gasteiger partial charge in [0.25, 0.3) is 0 Å². The van der Waals surface area contributed by atoms with Gasteiger partial charge in [0.2, 0.25) is 0 Å². The Morgan fingerprint density at radius 1 is 1.35 bits per heavy atom. The molecule has 2 rings (SSSR count). The SMILES string of the molecule is Cc1cccc(CN(C)c2ncc(C(=O)O)cc2C)n1. The lowest BCUT2D eigenvalue weighted by molar-refractivity contribution is 0.0696. The largest absolute Gasteiger partial charge is 0.478 e. The molecule has 104 valence electrons. The molecule has 0 aliphatic rings. The molecule has 20 heavy (non-hydrogen) atoms. The molecule has 0 saturated heterocycles. The lowest BCUT2D eigenvalue weighted by atomic mass is 10.2. The fraction of sp³-hybridized carbons (Fsp3) is 0.267. The van der Waals surface area contributed by atoms with E-state index in [-0.39, 0.29) is 5.56 Å². The standard InChI is InChI=1S/C15H17N3O2/c1-10-7-12(15(19)20)8-16-14(10)18(3)9-13-6-4-5-11(2)17-13/h4-8H,9H2,1-3H3,(H,19,20). The summed E-state index contributed by atoms with van der Waals surface area (Å²) in [6.07, 6.45) is 1.38. The summed E-state index contributed by atoms with van der Waals surface area (Å²) < 4.78 is 0. The summed E-state index contributed by atoms with van der Waals surface area (Å²) >= 11 is 0. The normalized spacial score (nSPS) is 10.3. The van der Waals surface area contributed by atoms with Crippen molar-refractivity contribution in [1.29, 1.82) is 0 Å². The van der Waals surface area contributed by atoms with E-state index in [0.29, 0.717) is 6.54 Å². The lowest BCUT2D eigenvalue weighted by Gasteiger charge is -2.20. The maximum atomic E-state index is 10.9. The Morgan fingerprint density at radius 3 is 2.70 bits per heavy atom. The van der Waals surface area contributed by atoms with E-state index in [9.17, 15) is 4.79 Å². The van der Waals surface area contributed by atoms with Crippen LogP contribution in [0.25, 0.3) is 0 Å². The van der Waals surface area contributed by atoms with Gasteiger partial charge in [-0.3, -0.25) is 4.98 Å². The van der Waals surface area contributed by atoms with E-state index in [4.69, 9.17) is 5.11 Å². The minimum atomic E-state index is -0.963. The van der Waals surface area contributed by atoms with Crippen LogP contribution < -0.4 is 4.90 Å². The first-order valence-corrected chi connectivity index (χ1v) is 6.31. The van der Waals surface area contributed by atoms with Crippen molar-refractivity contribution in [1.82, 2.24) is 9.97 Å². The Kier molecular flexibility index (Phi) is 3.98. The minimum Gasteiger partial charge on any atom is -0.478 e. The molecule has 0 fully saturated rings. The van der Waals surface area contributed by atoms with Crippen LogP contribution in [0.1, 0.15) is 27.3 Å². The third-order valence-electron chi connectivity index (χ3n) is 3.00. The predicted molar refractivity (Wildman–Crippen MR) is 77.0 cm³/mol. The average Bonchev–Trinajstić information content (AvgIpc) is 2.38. The number of carbonyl (C=O) groups is 1. The highest BCUT2D eigenvalue weighted by atomic mass is 16.4. The van der Waals surface area contributed by atoms with Crippen molar-refractivity contribution in [3.63, 3.8) is 0 Å². The Hall–Kier alpha value is -2.43. The summed E-state index contributed by atoms with van der Waals surface area (Å²) in [4.78, 5) is 21.5. The van der Waals surface area contributed by atoms with Crippen molar-refractivity contribution in [3.8, 4) is 0 Å². The third-order valence-corrected chi connectivity index (χ3v) is 3.00. The van der Waals surface area contributed by atoms with Gasteiger partial charge in [-0.15, -0.1) is 0 Å². The number of hydrogen-bond acceptors (Lipinski definition) is 4. The van der Waals surface area contributed by atoms with Crippen LogP contribution in [0.2, 0.25) is 0 Å². The Bertz CT molecular complexity index is 641. The fourth-order valence-electron chi connectivity index (χ4n) is 2.09. The molecule has 0 amide bonds. The fourth-order valence-corrected chi connectivity index (χ4v) is 2.09. The first kappa shape index (κ1) is 14.0. The zero-order chi connectivity index (χ0) is 14.7. The second-order valence-electron chi connectivity index (χ2n) is 4.80. The van der Waals surface area contributed by atoms with E-state index >= 15 is 0 Å². The van der Waals surface area contributed by atoms with E-state index in [1.165, 1.54) is 6.20 Å². The Labute approximate surface area is 117 Å². The van der Waals surface area contributed by atoms with Gasteiger partial charge in [0.05, 0.1) is 17.8 Å². The summed E-state index contributed by atoms with van der Waals surface area (Å²) in [5, 5.41) is 8.94. The maximum absolute atomic E-state index is 10.9. The Balaban J connectivity index is 2.21. The van der Waals surface area contributed by atoms with Gasteiger partial charge in [-0.2, -0.15) is 0 Å². The molecular weight excluding hydrogens is 254 g/mol. The molecule has 0 saturated carbocycles. The van der Waals surface area contributed by atoms with Crippen LogP contribution in [0.15, 0.2) is 30.5 Å². The molecule has 2 heterocycles. The van der Waals surface area contributed by atoms with Crippen LogP contribution in [0.3, 0.4) is 0 Å². The van der Waals surface area contributed by atoms with Crippen molar-refractivity contribution in [2.75, 3.05) is 11.9 Å². The summed E-state index contributed by atoms with van der Waals surface area (Å²) in [6.45, 7) is 4.44. The number of aromatic nitrogens is 2. The molecule has 2 aromatic rings. The molecule has 0 aliphatic heterocycles. The van der Waals surface area contributed by atoms with Gasteiger partial charge in [-0.05, 0) is 37.6 Å². The highest BCUT2D eigenvalue weighted by Gasteiger charge is 2.11. The molecule has 5 heteroatoms. The second kappa shape index (κ2) is 5.69. The zero-order valence-electron chi connectivity index (χ0n) is 11.8. The van der Waals surface area contributed by atoms with Crippen LogP contribution in [-0.4, -0.2) is 28.1 Å². The number of nitrogens with zero attached hydrogens (tertiary/aromatic N) is 3. The van der Waals surface area contributed by atoms with Crippen LogP contribution in [0, 0.1) is 13.8 Å². The van der Waals surface area contributed by atoms with Gasteiger partial charge < -0.3 is 10.0 Å². The van der Waals surface area contributed by atoms with Gasteiger partial charge in [-0.25, -0.2) is 9.78 Å². The molecule has 2 aromatic heterocycles. The summed E-state index contributed by atoms with van der Waals surface area (Å²) in [5.74, 6) is -0.200. The molecule has 0 aliphatic carbocycles. The number of carboxylic acids is 1. The number of aryl methyl sites for hydroxylation is 2. The number of anilines is 1. The van der Waals surface area contributed by atoms with E-state index < -0.39 is 5.97 Å². The van der Waals surface area contributed by atoms with Crippen LogP contribution in [-0.2, 0) is 6.54 Å². The molecular formula is C15H17N3O2. The van der Waals surface area contributed by atoms with Crippen LogP contribution in [0.4, 0.5) is 5.82 Å². The zero-order valence-corrected chi connectivity index (χ0v) is 11.8. The van der Waals surface area contributed by atoms with Crippen molar-refractivity contribution in [2.45, 2.75) is 20.4 Å². The molecule has 0 atom stereocenters. The highest BCUT2D eigenvalue weighted by molar-refractivity contribution is 5.87. The Morgan fingerprint density at radius 2 is 2.10 bits per heavy atom. The quantitative estimate of drug-likeness (QED) is 0.925. The topological polar surface area (TPSA) is 66.3 Å². The molecule has 0 bridgehead atoms. The molecule has 5 nitrogen and oxygen atoms in total. The van der Waals surface area contributed by atoms with Crippen molar-refractivity contribution in [3.05, 3.63) is 53.0 Å². The summed E-state index contributed by atoms with van der Waals surface area (Å²) in [7, 11) is 1.92. The average molecular weight is 271 g/mol. The molecule has 0 radical (unpaired) electrons. The van der Waals surface area contributed by atoms with E-state index in [0.717, 1.165) is 22.8 Å². The summed E-state index contributed by atoms with van der Waals surface area (Å²) in [6, 6.07) is 7.52. The van der Waals surface area contributed by atoms with Gasteiger partial charge >= 0.3 is 5.97 Å². The number of rotatable bonds is 4. The number of carboxylic acid groups (broad SMARTS) is 1. The smallest absolute Gasteiger partial charge is 0.337 e. The van der Waals surface area contributed by atoms with Gasteiger partial charge in [0.1, 0.15) is 5.82 Å². The maximum Gasteiger partial charge on any atom is 0.337 e. The van der Waals surface area contributed by atoms with Crippen molar-refractivity contribution in [2.24, 2.45) is 0 Å². The van der Waals surface area contributed by atoms with E-state index in [1.807, 2.05) is 44.0 Å². The monoisotopic (exact) mass is 271 g/mol. The van der Waals surface area contributed by atoms with E-state index in [2.05, 4.69) is 9.97 Å². The summed E-state index contributed by atoms with van der Waals surface area (Å²) in [5.41, 5.74) is 2.96. The number of aromatic carboxylic acids is 1. The first-order chi connectivity index (χ1) is 9.47. The van der Waals surface area contributed by atoms with E-state index in [1.54, 1.807) is 6.07 Å². The van der Waals surface area contributed by atoms with Crippen LogP contribution in [0.5, 0.6) is 0 Å². The highest BCUT2D eigenvalue weighted by Crippen LogP contribution is 2.18. The number of pyridine rings is 2. The first-order valence-electron chi connectivity index (χ1n) is 6.31. The molecule has 0 unspecified atom stereocenters. The van der Waals surface area contributed by atoms with Gasteiger partial charge in [0.15, 0.2) is 0 Å². The minimum absolute atomic E-state index is 0.202. The van der Waals surface area contributed by atoms with Crippen LogP contribution >= 0.6 is 0 Å². The molecule has 0 spiro atoms. The molecule has 1 N–H and O–H groups in total. The van der Waals surface area contributed by atoms with Crippen molar-refractivity contribution < 1.29 is 9.90 Å². The lowest BCUT2D eigenvalue weighted by Crippen LogP contribution is -2.20. The number of hydrogen-bond donors (Lipinski definition) is 1. The van der Waals surface area contributed by atoms with Gasteiger partial charge in [-0.1, -0.05) is 6.07 Å². The molecule has 0 aromatic carbocycles. The second-order valence-corrected chi connectivity index (χ2v) is 4.80. The van der Waals surface area contributed by atoms with Crippen molar-refractivity contribution >= 4 is 11.8 Å².